The van der Waals surface area contributed by atoms with E-state index in [-0.39, 0.29) is 5.41 Å². The zero-order chi connectivity index (χ0) is 24.7. The zero-order valence-corrected chi connectivity index (χ0v) is 20.9. The van der Waals surface area contributed by atoms with E-state index >= 15 is 0 Å². The third-order valence-electron chi connectivity index (χ3n) is 8.46. The van der Waals surface area contributed by atoms with Gasteiger partial charge in [-0.1, -0.05) is 111 Å². The maximum absolute atomic E-state index is 4.82. The SMILES string of the molecule is CC1(C)c2cc(-c3nccc4ccccc34)ccc2-c2ccc3c4ccccc4c4ccccc4c3c21. The molecule has 8 rings (SSSR count). The molecule has 7 aromatic rings. The summed E-state index contributed by atoms with van der Waals surface area (Å²) in [6.45, 7) is 4.78. The molecule has 1 aromatic heterocycles. The lowest BCUT2D eigenvalue weighted by Gasteiger charge is -2.25. The average Bonchev–Trinajstić information content (AvgIpc) is 3.18. The first-order valence-corrected chi connectivity index (χ1v) is 13.0. The lowest BCUT2D eigenvalue weighted by atomic mass is 9.78. The monoisotopic (exact) mass is 471 g/mol. The third-order valence-corrected chi connectivity index (χ3v) is 8.46. The summed E-state index contributed by atoms with van der Waals surface area (Å²) < 4.78 is 0. The van der Waals surface area contributed by atoms with E-state index in [1.165, 1.54) is 70.9 Å². The topological polar surface area (TPSA) is 12.9 Å². The highest BCUT2D eigenvalue weighted by Crippen LogP contribution is 2.54. The molecule has 1 heterocycles. The van der Waals surface area contributed by atoms with Gasteiger partial charge in [0, 0.05) is 22.6 Å². The van der Waals surface area contributed by atoms with Gasteiger partial charge in [-0.25, -0.2) is 0 Å². The molecule has 0 bridgehead atoms. The predicted octanol–water partition coefficient (Wildman–Crippen LogP) is 9.67. The highest BCUT2D eigenvalue weighted by molar-refractivity contribution is 6.27. The van der Waals surface area contributed by atoms with Gasteiger partial charge in [-0.3, -0.25) is 4.98 Å². The molecule has 1 nitrogen and oxygen atoms in total. The van der Waals surface area contributed by atoms with E-state index in [0.717, 1.165) is 5.69 Å². The van der Waals surface area contributed by atoms with E-state index < -0.39 is 0 Å². The molecule has 6 aromatic carbocycles. The normalized spacial score (nSPS) is 13.9. The summed E-state index contributed by atoms with van der Waals surface area (Å²) in [6.07, 6.45) is 1.93. The van der Waals surface area contributed by atoms with Crippen LogP contribution in [0, 0.1) is 0 Å². The van der Waals surface area contributed by atoms with Crippen molar-refractivity contribution in [2.75, 3.05) is 0 Å². The maximum atomic E-state index is 4.82. The van der Waals surface area contributed by atoms with Crippen molar-refractivity contribution in [1.29, 1.82) is 0 Å². The number of aromatic nitrogens is 1. The molecular formula is C36H25N. The summed E-state index contributed by atoms with van der Waals surface area (Å²) >= 11 is 0. The lowest BCUT2D eigenvalue weighted by Crippen LogP contribution is -2.16. The fraction of sp³-hybridized carbons (Fsp3) is 0.0833. The smallest absolute Gasteiger partial charge is 0.0780 e. The van der Waals surface area contributed by atoms with Crippen LogP contribution in [-0.4, -0.2) is 4.98 Å². The molecule has 174 valence electrons. The van der Waals surface area contributed by atoms with Crippen LogP contribution in [0.2, 0.25) is 0 Å². The van der Waals surface area contributed by atoms with Crippen molar-refractivity contribution in [2.45, 2.75) is 19.3 Å². The van der Waals surface area contributed by atoms with Crippen molar-refractivity contribution in [3.63, 3.8) is 0 Å². The second-order valence-corrected chi connectivity index (χ2v) is 10.8. The molecule has 0 N–H and O–H groups in total. The predicted molar refractivity (Wildman–Crippen MR) is 157 cm³/mol. The van der Waals surface area contributed by atoms with Crippen LogP contribution < -0.4 is 0 Å². The Hall–Kier alpha value is -4.49. The molecule has 1 aliphatic carbocycles. The average molecular weight is 472 g/mol. The van der Waals surface area contributed by atoms with E-state index in [1.807, 2.05) is 6.20 Å². The van der Waals surface area contributed by atoms with Gasteiger partial charge in [0.05, 0.1) is 5.69 Å². The summed E-state index contributed by atoms with van der Waals surface area (Å²) in [5.74, 6) is 0. The molecule has 0 unspecified atom stereocenters. The number of hydrogen-bond acceptors (Lipinski definition) is 1. The number of benzene rings is 6. The number of fused-ring (bicyclic) bond motifs is 11. The molecule has 0 aliphatic heterocycles. The minimum absolute atomic E-state index is 0.143. The molecule has 37 heavy (non-hydrogen) atoms. The lowest BCUT2D eigenvalue weighted by molar-refractivity contribution is 0.667. The quantitative estimate of drug-likeness (QED) is 0.217. The van der Waals surface area contributed by atoms with Gasteiger partial charge >= 0.3 is 0 Å². The van der Waals surface area contributed by atoms with Crippen LogP contribution in [0.15, 0.2) is 115 Å². The van der Waals surface area contributed by atoms with Crippen molar-refractivity contribution in [2.24, 2.45) is 0 Å². The van der Waals surface area contributed by atoms with Crippen LogP contribution in [0.3, 0.4) is 0 Å². The van der Waals surface area contributed by atoms with Crippen molar-refractivity contribution >= 4 is 43.1 Å². The molecule has 0 radical (unpaired) electrons. The summed E-state index contributed by atoms with van der Waals surface area (Å²) in [4.78, 5) is 4.82. The molecule has 0 spiro atoms. The van der Waals surface area contributed by atoms with Crippen LogP contribution in [0.1, 0.15) is 25.0 Å². The summed E-state index contributed by atoms with van der Waals surface area (Å²) in [7, 11) is 0. The van der Waals surface area contributed by atoms with Crippen molar-refractivity contribution in [1.82, 2.24) is 4.98 Å². The first-order valence-electron chi connectivity index (χ1n) is 13.0. The molecule has 0 saturated carbocycles. The highest BCUT2D eigenvalue weighted by atomic mass is 14.7. The molecule has 0 fully saturated rings. The molecular weight excluding hydrogens is 446 g/mol. The Bertz CT molecular complexity index is 2020. The van der Waals surface area contributed by atoms with Crippen LogP contribution in [0.25, 0.3) is 65.5 Å². The van der Waals surface area contributed by atoms with Gasteiger partial charge in [-0.2, -0.15) is 0 Å². The minimum atomic E-state index is -0.143. The van der Waals surface area contributed by atoms with Crippen LogP contribution in [0.5, 0.6) is 0 Å². The van der Waals surface area contributed by atoms with E-state index in [1.54, 1.807) is 0 Å². The van der Waals surface area contributed by atoms with Gasteiger partial charge in [-0.15, -0.1) is 0 Å². The fourth-order valence-electron chi connectivity index (χ4n) is 6.80. The van der Waals surface area contributed by atoms with Gasteiger partial charge in [-0.05, 0) is 72.1 Å². The third kappa shape index (κ3) is 2.72. The Morgan fingerprint density at radius 1 is 0.541 bits per heavy atom. The standard InChI is InChI=1S/C36H25N/c1-36(2)32-21-23(35-24-10-4-3-9-22(24)19-20-37-35)15-16-28(32)31-18-17-30-27-13-6-5-11-25(27)26-12-7-8-14-29(26)33(30)34(31)36/h3-21H,1-2H3. The number of hydrogen-bond donors (Lipinski definition) is 0. The fourth-order valence-corrected chi connectivity index (χ4v) is 6.80. The Kier molecular flexibility index (Phi) is 4.06. The van der Waals surface area contributed by atoms with Gasteiger partial charge in [0.25, 0.3) is 0 Å². The Balaban J connectivity index is 1.45. The second-order valence-electron chi connectivity index (χ2n) is 10.8. The summed E-state index contributed by atoms with van der Waals surface area (Å²) in [5.41, 5.74) is 7.58. The maximum Gasteiger partial charge on any atom is 0.0780 e. The van der Waals surface area contributed by atoms with Crippen LogP contribution in [-0.2, 0) is 5.41 Å². The first kappa shape index (κ1) is 20.7. The van der Waals surface area contributed by atoms with Crippen LogP contribution >= 0.6 is 0 Å². The molecule has 1 aliphatic rings. The molecule has 1 heteroatoms. The molecule has 0 atom stereocenters. The highest BCUT2D eigenvalue weighted by Gasteiger charge is 2.38. The summed E-state index contributed by atoms with van der Waals surface area (Å²) in [5, 5.41) is 10.5. The van der Waals surface area contributed by atoms with Crippen molar-refractivity contribution < 1.29 is 0 Å². The van der Waals surface area contributed by atoms with Crippen molar-refractivity contribution in [3.8, 4) is 22.4 Å². The van der Waals surface area contributed by atoms with E-state index in [9.17, 15) is 0 Å². The zero-order valence-electron chi connectivity index (χ0n) is 20.9. The molecule has 0 amide bonds. The Morgan fingerprint density at radius 3 is 1.89 bits per heavy atom. The van der Waals surface area contributed by atoms with Gasteiger partial charge in [0.1, 0.15) is 0 Å². The van der Waals surface area contributed by atoms with E-state index in [2.05, 4.69) is 123 Å². The minimum Gasteiger partial charge on any atom is -0.256 e. The van der Waals surface area contributed by atoms with Gasteiger partial charge in [0.2, 0.25) is 0 Å². The number of nitrogens with zero attached hydrogens (tertiary/aromatic N) is 1. The summed E-state index contributed by atoms with van der Waals surface area (Å²) in [6, 6.07) is 40.0. The van der Waals surface area contributed by atoms with E-state index in [4.69, 9.17) is 4.98 Å². The Labute approximate surface area is 216 Å². The number of rotatable bonds is 1. The van der Waals surface area contributed by atoms with Gasteiger partial charge in [0.15, 0.2) is 0 Å². The molecule has 0 saturated heterocycles. The number of pyridine rings is 1. The van der Waals surface area contributed by atoms with Gasteiger partial charge < -0.3 is 0 Å². The Morgan fingerprint density at radius 2 is 1.14 bits per heavy atom. The van der Waals surface area contributed by atoms with E-state index in [0.29, 0.717) is 0 Å². The van der Waals surface area contributed by atoms with Crippen LogP contribution in [0.4, 0.5) is 0 Å². The van der Waals surface area contributed by atoms with Crippen molar-refractivity contribution in [3.05, 3.63) is 127 Å². The first-order chi connectivity index (χ1) is 18.1. The second kappa shape index (κ2) is 7.27. The largest absolute Gasteiger partial charge is 0.256 e.